The summed E-state index contributed by atoms with van der Waals surface area (Å²) in [6.07, 6.45) is 2.50. The van der Waals surface area contributed by atoms with Crippen LogP contribution in [0.5, 0.6) is 5.75 Å². The Morgan fingerprint density at radius 3 is 2.61 bits per heavy atom. The van der Waals surface area contributed by atoms with Crippen molar-refractivity contribution >= 4 is 22.8 Å². The van der Waals surface area contributed by atoms with Gasteiger partial charge in [0.2, 0.25) is 0 Å². The molecule has 1 heterocycles. The molecule has 0 radical (unpaired) electrons. The Morgan fingerprint density at radius 2 is 1.97 bits per heavy atom. The SMILES string of the molecule is C=CCO[C@H]1CCN(C(=O)OC(C)(C)C)[C@H](c2ccc(C(=O)O)c3ccc(OCC)cc23)C1. The number of ether oxygens (including phenoxy) is 3. The number of amides is 1. The summed E-state index contributed by atoms with van der Waals surface area (Å²) in [4.78, 5) is 26.7. The summed E-state index contributed by atoms with van der Waals surface area (Å²) in [5.41, 5.74) is 0.417. The predicted octanol–water partition coefficient (Wildman–Crippen LogP) is 5.58. The second-order valence-corrected chi connectivity index (χ2v) is 9.11. The normalized spacial score (nSPS) is 18.7. The molecule has 2 aromatic rings. The molecule has 0 bridgehead atoms. The van der Waals surface area contributed by atoms with E-state index in [1.807, 2.05) is 33.8 Å². The molecule has 1 aliphatic rings. The van der Waals surface area contributed by atoms with E-state index in [1.165, 1.54) is 0 Å². The monoisotopic (exact) mass is 455 g/mol. The second kappa shape index (κ2) is 10.3. The van der Waals surface area contributed by atoms with E-state index in [-0.39, 0.29) is 17.7 Å². The molecule has 2 atom stereocenters. The van der Waals surface area contributed by atoms with E-state index in [2.05, 4.69) is 6.58 Å². The third kappa shape index (κ3) is 5.85. The molecule has 2 aromatic carbocycles. The van der Waals surface area contributed by atoms with E-state index >= 15 is 0 Å². The van der Waals surface area contributed by atoms with Gasteiger partial charge in [-0.3, -0.25) is 0 Å². The fraction of sp³-hybridized carbons (Fsp3) is 0.462. The molecule has 1 fully saturated rings. The van der Waals surface area contributed by atoms with Crippen molar-refractivity contribution in [2.75, 3.05) is 19.8 Å². The maximum atomic E-state index is 13.1. The number of hydrogen-bond donors (Lipinski definition) is 1. The van der Waals surface area contributed by atoms with Crippen LogP contribution in [0.4, 0.5) is 4.79 Å². The standard InChI is InChI=1S/C26H33NO6/c1-6-14-32-18-12-13-27(25(30)33-26(3,4)5)23(16-18)20-10-11-21(24(28)29)19-9-8-17(31-7-2)15-22(19)20/h6,8-11,15,18,23H,1,7,12-14,16H2,2-5H3,(H,28,29)/t18-,23-/m0/s1. The molecule has 33 heavy (non-hydrogen) atoms. The van der Waals surface area contributed by atoms with Crippen molar-refractivity contribution in [1.29, 1.82) is 0 Å². The zero-order chi connectivity index (χ0) is 24.2. The zero-order valence-electron chi connectivity index (χ0n) is 19.8. The van der Waals surface area contributed by atoms with Gasteiger partial charge in [-0.2, -0.15) is 0 Å². The lowest BCUT2D eigenvalue weighted by Crippen LogP contribution is -2.45. The molecule has 1 amide bonds. The van der Waals surface area contributed by atoms with Crippen LogP contribution in [-0.2, 0) is 9.47 Å². The number of carbonyl (C=O) groups is 2. The molecule has 7 nitrogen and oxygen atoms in total. The summed E-state index contributed by atoms with van der Waals surface area (Å²) in [7, 11) is 0. The first-order valence-corrected chi connectivity index (χ1v) is 11.3. The number of carboxylic acids is 1. The van der Waals surface area contributed by atoms with Gasteiger partial charge in [-0.1, -0.05) is 12.1 Å². The van der Waals surface area contributed by atoms with Gasteiger partial charge in [0.05, 0.1) is 30.9 Å². The zero-order valence-corrected chi connectivity index (χ0v) is 19.8. The Hall–Kier alpha value is -3.06. The second-order valence-electron chi connectivity index (χ2n) is 9.11. The van der Waals surface area contributed by atoms with Crippen molar-refractivity contribution in [3.63, 3.8) is 0 Å². The van der Waals surface area contributed by atoms with Gasteiger partial charge in [-0.05, 0) is 81.1 Å². The minimum absolute atomic E-state index is 0.0593. The summed E-state index contributed by atoms with van der Waals surface area (Å²) in [5.74, 6) is -0.358. The molecular weight excluding hydrogens is 422 g/mol. The third-order valence-electron chi connectivity index (χ3n) is 5.55. The molecule has 0 saturated carbocycles. The number of carbonyl (C=O) groups excluding carboxylic acids is 1. The summed E-state index contributed by atoms with van der Waals surface area (Å²) >= 11 is 0. The highest BCUT2D eigenvalue weighted by Crippen LogP contribution is 2.39. The lowest BCUT2D eigenvalue weighted by atomic mass is 9.88. The van der Waals surface area contributed by atoms with Gasteiger partial charge in [0.1, 0.15) is 11.4 Å². The van der Waals surface area contributed by atoms with Crippen LogP contribution in [0, 0.1) is 0 Å². The first kappa shape index (κ1) is 24.6. The quantitative estimate of drug-likeness (QED) is 0.549. The van der Waals surface area contributed by atoms with E-state index < -0.39 is 17.7 Å². The number of nitrogens with zero attached hydrogens (tertiary/aromatic N) is 1. The fourth-order valence-corrected chi connectivity index (χ4v) is 4.21. The minimum atomic E-state index is -1.00. The fourth-order valence-electron chi connectivity index (χ4n) is 4.21. The van der Waals surface area contributed by atoms with Crippen molar-refractivity contribution in [1.82, 2.24) is 4.90 Å². The molecule has 0 unspecified atom stereocenters. The van der Waals surface area contributed by atoms with Crippen LogP contribution in [0.25, 0.3) is 10.8 Å². The minimum Gasteiger partial charge on any atom is -0.494 e. The highest BCUT2D eigenvalue weighted by atomic mass is 16.6. The maximum absolute atomic E-state index is 13.1. The Bertz CT molecular complexity index is 1030. The van der Waals surface area contributed by atoms with Gasteiger partial charge in [-0.15, -0.1) is 6.58 Å². The summed E-state index contributed by atoms with van der Waals surface area (Å²) in [5, 5.41) is 11.1. The largest absolute Gasteiger partial charge is 0.494 e. The van der Waals surface area contributed by atoms with Crippen LogP contribution < -0.4 is 4.74 Å². The van der Waals surface area contributed by atoms with Gasteiger partial charge >= 0.3 is 12.1 Å². The van der Waals surface area contributed by atoms with Crippen LogP contribution in [0.15, 0.2) is 43.0 Å². The average molecular weight is 456 g/mol. The maximum Gasteiger partial charge on any atom is 0.410 e. The smallest absolute Gasteiger partial charge is 0.410 e. The first-order valence-electron chi connectivity index (χ1n) is 11.3. The summed E-state index contributed by atoms with van der Waals surface area (Å²) in [6, 6.07) is 8.43. The van der Waals surface area contributed by atoms with Gasteiger partial charge in [0.15, 0.2) is 0 Å². The number of carboxylic acid groups (broad SMARTS) is 1. The number of aromatic carboxylic acids is 1. The molecule has 1 N–H and O–H groups in total. The number of fused-ring (bicyclic) bond motifs is 1. The molecule has 7 heteroatoms. The Kier molecular flexibility index (Phi) is 7.64. The van der Waals surface area contributed by atoms with E-state index in [0.29, 0.717) is 43.7 Å². The average Bonchev–Trinajstić information content (AvgIpc) is 2.75. The van der Waals surface area contributed by atoms with Gasteiger partial charge in [0, 0.05) is 6.54 Å². The number of piperidine rings is 1. The van der Waals surface area contributed by atoms with Crippen molar-refractivity contribution in [3.05, 3.63) is 54.1 Å². The van der Waals surface area contributed by atoms with E-state index in [1.54, 1.807) is 35.2 Å². The van der Waals surface area contributed by atoms with Crippen molar-refractivity contribution < 1.29 is 28.9 Å². The van der Waals surface area contributed by atoms with Gasteiger partial charge in [0.25, 0.3) is 0 Å². The van der Waals surface area contributed by atoms with Crippen LogP contribution >= 0.6 is 0 Å². The highest BCUT2D eigenvalue weighted by Gasteiger charge is 2.36. The van der Waals surface area contributed by atoms with Gasteiger partial charge < -0.3 is 24.2 Å². The topological polar surface area (TPSA) is 85.3 Å². The van der Waals surface area contributed by atoms with Crippen LogP contribution in [-0.4, -0.2) is 53.5 Å². The Labute approximate surface area is 194 Å². The van der Waals surface area contributed by atoms with Gasteiger partial charge in [-0.25, -0.2) is 9.59 Å². The predicted molar refractivity (Wildman–Crippen MR) is 127 cm³/mol. The molecule has 3 rings (SSSR count). The molecular formula is C26H33NO6. The molecule has 1 saturated heterocycles. The molecule has 1 aliphatic heterocycles. The lowest BCUT2D eigenvalue weighted by Gasteiger charge is -2.40. The van der Waals surface area contributed by atoms with E-state index in [9.17, 15) is 14.7 Å². The number of benzene rings is 2. The Morgan fingerprint density at radius 1 is 1.21 bits per heavy atom. The lowest BCUT2D eigenvalue weighted by molar-refractivity contribution is -0.0251. The number of rotatable bonds is 7. The highest BCUT2D eigenvalue weighted by molar-refractivity contribution is 6.05. The Balaban J connectivity index is 2.11. The van der Waals surface area contributed by atoms with Crippen molar-refractivity contribution in [2.24, 2.45) is 0 Å². The summed E-state index contributed by atoms with van der Waals surface area (Å²) < 4.78 is 17.3. The number of likely N-dealkylation sites (tertiary alicyclic amines) is 1. The number of hydrogen-bond acceptors (Lipinski definition) is 5. The molecule has 0 aromatic heterocycles. The first-order chi connectivity index (χ1) is 15.6. The third-order valence-corrected chi connectivity index (χ3v) is 5.55. The van der Waals surface area contributed by atoms with E-state index in [0.717, 1.165) is 10.9 Å². The molecule has 178 valence electrons. The van der Waals surface area contributed by atoms with Crippen LogP contribution in [0.3, 0.4) is 0 Å². The molecule has 0 spiro atoms. The van der Waals surface area contributed by atoms with E-state index in [4.69, 9.17) is 14.2 Å². The van der Waals surface area contributed by atoms with Crippen LogP contribution in [0.2, 0.25) is 0 Å². The van der Waals surface area contributed by atoms with Crippen molar-refractivity contribution in [2.45, 2.75) is 58.3 Å². The molecule has 0 aliphatic carbocycles. The summed E-state index contributed by atoms with van der Waals surface area (Å²) in [6.45, 7) is 12.5. The van der Waals surface area contributed by atoms with Crippen LogP contribution in [0.1, 0.15) is 62.5 Å². The van der Waals surface area contributed by atoms with Crippen molar-refractivity contribution in [3.8, 4) is 5.75 Å².